The molecule has 0 amide bonds. The van der Waals surface area contributed by atoms with Crippen molar-refractivity contribution in [3.05, 3.63) is 0 Å². The van der Waals surface area contributed by atoms with E-state index in [-0.39, 0.29) is 5.75 Å². The van der Waals surface area contributed by atoms with Crippen LogP contribution in [0.25, 0.3) is 0 Å². The molecule has 0 radical (unpaired) electrons. The van der Waals surface area contributed by atoms with E-state index >= 15 is 0 Å². The Labute approximate surface area is 88.3 Å². The summed E-state index contributed by atoms with van der Waals surface area (Å²) in [5, 5.41) is 0. The number of sulfonamides is 1. The van der Waals surface area contributed by atoms with Crippen molar-refractivity contribution in [3.8, 4) is 0 Å². The van der Waals surface area contributed by atoms with Crippen LogP contribution in [-0.4, -0.2) is 20.7 Å². The molecule has 0 fully saturated rings. The highest BCUT2D eigenvalue weighted by Gasteiger charge is 2.06. The molecule has 86 valence electrons. The molecule has 0 heterocycles. The molecule has 4 heteroatoms. The van der Waals surface area contributed by atoms with Crippen LogP contribution < -0.4 is 4.72 Å². The summed E-state index contributed by atoms with van der Waals surface area (Å²) in [5.74, 6) is 0.285. The van der Waals surface area contributed by atoms with Crippen LogP contribution in [0.5, 0.6) is 0 Å². The van der Waals surface area contributed by atoms with Gasteiger partial charge in [-0.05, 0) is 6.42 Å². The highest BCUT2D eigenvalue weighted by Crippen LogP contribution is 2.05. The van der Waals surface area contributed by atoms with Gasteiger partial charge in [-0.25, -0.2) is 13.1 Å². The topological polar surface area (TPSA) is 46.2 Å². The van der Waals surface area contributed by atoms with Crippen LogP contribution >= 0.6 is 0 Å². The smallest absolute Gasteiger partial charge is 0.211 e. The van der Waals surface area contributed by atoms with Crippen LogP contribution in [0, 0.1) is 0 Å². The van der Waals surface area contributed by atoms with E-state index in [1.165, 1.54) is 19.3 Å². The van der Waals surface area contributed by atoms with Gasteiger partial charge < -0.3 is 0 Å². The molecule has 3 nitrogen and oxygen atoms in total. The van der Waals surface area contributed by atoms with E-state index in [0.29, 0.717) is 6.54 Å². The third kappa shape index (κ3) is 8.51. The molecule has 0 spiro atoms. The average molecular weight is 221 g/mol. The van der Waals surface area contributed by atoms with Gasteiger partial charge in [0, 0.05) is 6.54 Å². The van der Waals surface area contributed by atoms with Crippen LogP contribution in [0.1, 0.15) is 52.4 Å². The highest BCUT2D eigenvalue weighted by atomic mass is 32.2. The Kier molecular flexibility index (Phi) is 8.18. The summed E-state index contributed by atoms with van der Waals surface area (Å²) in [6.07, 6.45) is 6.71. The molecule has 1 N–H and O–H groups in total. The van der Waals surface area contributed by atoms with Gasteiger partial charge in [-0.1, -0.05) is 46.0 Å². The fourth-order valence-electron chi connectivity index (χ4n) is 1.36. The summed E-state index contributed by atoms with van der Waals surface area (Å²) in [4.78, 5) is 0. The highest BCUT2D eigenvalue weighted by molar-refractivity contribution is 7.89. The zero-order valence-electron chi connectivity index (χ0n) is 9.38. The van der Waals surface area contributed by atoms with Gasteiger partial charge >= 0.3 is 0 Å². The zero-order chi connectivity index (χ0) is 10.9. The maximum Gasteiger partial charge on any atom is 0.211 e. The third-order valence-corrected chi connectivity index (χ3v) is 3.69. The van der Waals surface area contributed by atoms with E-state index in [2.05, 4.69) is 11.6 Å². The van der Waals surface area contributed by atoms with Crippen LogP contribution in [0.4, 0.5) is 0 Å². The molecule has 0 rings (SSSR count). The van der Waals surface area contributed by atoms with Crippen molar-refractivity contribution in [1.82, 2.24) is 4.72 Å². The van der Waals surface area contributed by atoms with Gasteiger partial charge in [-0.15, -0.1) is 0 Å². The number of nitrogens with one attached hydrogen (secondary N) is 1. The molecular weight excluding hydrogens is 198 g/mol. The Hall–Kier alpha value is -0.0900. The Balaban J connectivity index is 3.35. The molecule has 0 atom stereocenters. The first-order valence-electron chi connectivity index (χ1n) is 5.59. The third-order valence-electron chi connectivity index (χ3n) is 2.13. The molecule has 0 bridgehead atoms. The molecule has 0 saturated carbocycles. The fourth-order valence-corrected chi connectivity index (χ4v) is 2.53. The SMILES string of the molecule is CCCCCCCCS(=O)(=O)NCC. The van der Waals surface area contributed by atoms with Crippen LogP contribution in [0.2, 0.25) is 0 Å². The predicted molar refractivity (Wildman–Crippen MR) is 60.8 cm³/mol. The van der Waals surface area contributed by atoms with Gasteiger partial charge in [-0.2, -0.15) is 0 Å². The largest absolute Gasteiger partial charge is 0.216 e. The second-order valence-electron chi connectivity index (χ2n) is 3.58. The van der Waals surface area contributed by atoms with Gasteiger partial charge in [0.05, 0.1) is 5.75 Å². The standard InChI is InChI=1S/C10H23NO2S/c1-3-5-6-7-8-9-10-14(12,13)11-4-2/h11H,3-10H2,1-2H3. The lowest BCUT2D eigenvalue weighted by Gasteiger charge is -2.03. The fraction of sp³-hybridized carbons (Fsp3) is 1.00. The van der Waals surface area contributed by atoms with Crippen molar-refractivity contribution in [2.24, 2.45) is 0 Å². The molecule has 0 aromatic heterocycles. The van der Waals surface area contributed by atoms with E-state index in [9.17, 15) is 8.42 Å². The molecule has 0 aliphatic heterocycles. The van der Waals surface area contributed by atoms with Gasteiger partial charge in [0.25, 0.3) is 0 Å². The molecule has 0 unspecified atom stereocenters. The van der Waals surface area contributed by atoms with Crippen LogP contribution in [0.3, 0.4) is 0 Å². The minimum Gasteiger partial charge on any atom is -0.216 e. The van der Waals surface area contributed by atoms with Gasteiger partial charge in [0.1, 0.15) is 0 Å². The zero-order valence-corrected chi connectivity index (χ0v) is 10.2. The van der Waals surface area contributed by atoms with Crippen molar-refractivity contribution in [3.63, 3.8) is 0 Å². The van der Waals surface area contributed by atoms with Crippen LogP contribution in [0.15, 0.2) is 0 Å². The molecule has 0 aliphatic carbocycles. The first kappa shape index (κ1) is 13.9. The number of rotatable bonds is 9. The maximum atomic E-state index is 11.2. The summed E-state index contributed by atoms with van der Waals surface area (Å²) >= 11 is 0. The lowest BCUT2D eigenvalue weighted by atomic mass is 10.1. The van der Waals surface area contributed by atoms with E-state index < -0.39 is 10.0 Å². The molecular formula is C10H23NO2S. The van der Waals surface area contributed by atoms with Crippen molar-refractivity contribution in [2.45, 2.75) is 52.4 Å². The van der Waals surface area contributed by atoms with Crippen molar-refractivity contribution < 1.29 is 8.42 Å². The number of hydrogen-bond acceptors (Lipinski definition) is 2. The second-order valence-corrected chi connectivity index (χ2v) is 5.51. The first-order valence-corrected chi connectivity index (χ1v) is 7.25. The van der Waals surface area contributed by atoms with E-state index in [0.717, 1.165) is 19.3 Å². The van der Waals surface area contributed by atoms with Gasteiger partial charge in [0.2, 0.25) is 10.0 Å². The molecule has 0 aromatic carbocycles. The first-order chi connectivity index (χ1) is 6.62. The second kappa shape index (κ2) is 8.24. The number of hydrogen-bond donors (Lipinski definition) is 1. The van der Waals surface area contributed by atoms with Crippen molar-refractivity contribution in [2.75, 3.05) is 12.3 Å². The minimum atomic E-state index is -2.97. The Morgan fingerprint density at radius 2 is 1.50 bits per heavy atom. The molecule has 0 aliphatic rings. The van der Waals surface area contributed by atoms with Crippen molar-refractivity contribution in [1.29, 1.82) is 0 Å². The van der Waals surface area contributed by atoms with E-state index in [1.807, 2.05) is 0 Å². The average Bonchev–Trinajstić information content (AvgIpc) is 2.11. The number of unbranched alkanes of at least 4 members (excludes halogenated alkanes) is 5. The maximum absolute atomic E-state index is 11.2. The van der Waals surface area contributed by atoms with E-state index in [4.69, 9.17) is 0 Å². The quantitative estimate of drug-likeness (QED) is 0.607. The van der Waals surface area contributed by atoms with Gasteiger partial charge in [0.15, 0.2) is 0 Å². The van der Waals surface area contributed by atoms with E-state index in [1.54, 1.807) is 6.92 Å². The van der Waals surface area contributed by atoms with Gasteiger partial charge in [-0.3, -0.25) is 0 Å². The Morgan fingerprint density at radius 3 is 2.07 bits per heavy atom. The summed E-state index contributed by atoms with van der Waals surface area (Å²) in [5.41, 5.74) is 0. The minimum absolute atomic E-state index is 0.285. The summed E-state index contributed by atoms with van der Waals surface area (Å²) in [7, 11) is -2.97. The lowest BCUT2D eigenvalue weighted by Crippen LogP contribution is -2.25. The molecule has 0 aromatic rings. The Bertz CT molecular complexity index is 212. The molecule has 0 saturated heterocycles. The normalized spacial score (nSPS) is 11.9. The summed E-state index contributed by atoms with van der Waals surface area (Å²) in [6, 6.07) is 0. The predicted octanol–water partition coefficient (Wildman–Crippen LogP) is 2.29. The Morgan fingerprint density at radius 1 is 0.929 bits per heavy atom. The lowest BCUT2D eigenvalue weighted by molar-refractivity contribution is 0.573. The molecule has 14 heavy (non-hydrogen) atoms. The van der Waals surface area contributed by atoms with Crippen molar-refractivity contribution >= 4 is 10.0 Å². The summed E-state index contributed by atoms with van der Waals surface area (Å²) < 4.78 is 24.9. The van der Waals surface area contributed by atoms with Crippen LogP contribution in [-0.2, 0) is 10.0 Å². The monoisotopic (exact) mass is 221 g/mol. The summed E-state index contributed by atoms with van der Waals surface area (Å²) in [6.45, 7) is 4.48.